The molecule has 0 amide bonds. The number of halogens is 1. The monoisotopic (exact) mass is 527 g/mol. The molecule has 1 fully saturated rings. The van der Waals surface area contributed by atoms with Crippen molar-refractivity contribution >= 4 is 29.9 Å². The van der Waals surface area contributed by atoms with E-state index in [1.165, 1.54) is 0 Å². The average molecular weight is 527 g/mol. The number of aryl methyl sites for hydroxylation is 1. The van der Waals surface area contributed by atoms with Crippen LogP contribution in [-0.2, 0) is 11.3 Å². The molecule has 0 radical (unpaired) electrons. The van der Waals surface area contributed by atoms with Gasteiger partial charge in [-0.05, 0) is 45.7 Å². The zero-order chi connectivity index (χ0) is 20.7. The van der Waals surface area contributed by atoms with E-state index >= 15 is 0 Å². The Hall–Kier alpha value is -1.65. The van der Waals surface area contributed by atoms with Crippen LogP contribution in [0, 0.1) is 19.3 Å². The number of aliphatic imine (C=N–C) groups is 1. The lowest BCUT2D eigenvalue weighted by atomic mass is 9.84. The highest BCUT2D eigenvalue weighted by atomic mass is 127. The first-order valence-electron chi connectivity index (χ1n) is 10.4. The summed E-state index contributed by atoms with van der Waals surface area (Å²) in [4.78, 5) is 4.80. The number of aliphatic hydroxyl groups is 1. The normalized spacial score (nSPS) is 18.9. The summed E-state index contributed by atoms with van der Waals surface area (Å²) < 4.78 is 7.57. The van der Waals surface area contributed by atoms with Gasteiger partial charge in [0, 0.05) is 43.0 Å². The molecule has 3 rings (SSSR count). The molecular formula is C22H34IN5O2. The predicted molar refractivity (Wildman–Crippen MR) is 131 cm³/mol. The first-order valence-corrected chi connectivity index (χ1v) is 10.4. The van der Waals surface area contributed by atoms with Gasteiger partial charge in [-0.25, -0.2) is 9.67 Å². The average Bonchev–Trinajstić information content (AvgIpc) is 3.30. The zero-order valence-corrected chi connectivity index (χ0v) is 20.5. The molecule has 2 aromatic rings. The number of nitrogens with zero attached hydrogens (tertiary/aromatic N) is 3. The molecule has 0 aliphatic carbocycles. The number of rotatable bonds is 8. The van der Waals surface area contributed by atoms with E-state index in [9.17, 15) is 5.11 Å². The van der Waals surface area contributed by atoms with Gasteiger partial charge in [0.25, 0.3) is 0 Å². The number of aromatic nitrogens is 2. The van der Waals surface area contributed by atoms with Crippen LogP contribution in [0.3, 0.4) is 0 Å². The van der Waals surface area contributed by atoms with Gasteiger partial charge in [0.1, 0.15) is 0 Å². The van der Waals surface area contributed by atoms with Gasteiger partial charge in [-0.1, -0.05) is 18.2 Å². The summed E-state index contributed by atoms with van der Waals surface area (Å²) in [6, 6.07) is 10.2. The smallest absolute Gasteiger partial charge is 0.191 e. The Morgan fingerprint density at radius 1 is 1.27 bits per heavy atom. The Kier molecular flexibility index (Phi) is 9.57. The molecule has 1 aromatic heterocycles. The maximum atomic E-state index is 9.43. The Labute approximate surface area is 196 Å². The molecular weight excluding hydrogens is 493 g/mol. The second-order valence-corrected chi connectivity index (χ2v) is 7.72. The molecule has 1 aromatic carbocycles. The fourth-order valence-electron chi connectivity index (χ4n) is 3.81. The van der Waals surface area contributed by atoms with E-state index in [0.717, 1.165) is 61.1 Å². The molecule has 1 saturated heterocycles. The van der Waals surface area contributed by atoms with Gasteiger partial charge < -0.3 is 20.5 Å². The van der Waals surface area contributed by atoms with E-state index in [2.05, 4.69) is 36.6 Å². The second-order valence-electron chi connectivity index (χ2n) is 7.72. The molecule has 2 heterocycles. The molecule has 1 unspecified atom stereocenters. The lowest BCUT2D eigenvalue weighted by Crippen LogP contribution is -2.44. The predicted octanol–water partition coefficient (Wildman–Crippen LogP) is 2.95. The maximum Gasteiger partial charge on any atom is 0.191 e. The summed E-state index contributed by atoms with van der Waals surface area (Å²) >= 11 is 0. The molecule has 166 valence electrons. The lowest BCUT2D eigenvalue weighted by Gasteiger charge is -2.27. The molecule has 3 N–H and O–H groups in total. The van der Waals surface area contributed by atoms with Crippen LogP contribution in [0.5, 0.6) is 0 Å². The third kappa shape index (κ3) is 5.95. The Morgan fingerprint density at radius 3 is 2.67 bits per heavy atom. The highest BCUT2D eigenvalue weighted by Crippen LogP contribution is 2.31. The van der Waals surface area contributed by atoms with Crippen molar-refractivity contribution in [2.75, 3.05) is 32.9 Å². The van der Waals surface area contributed by atoms with Gasteiger partial charge in [0.2, 0.25) is 0 Å². The highest BCUT2D eigenvalue weighted by molar-refractivity contribution is 14.0. The largest absolute Gasteiger partial charge is 0.396 e. The number of hydrogen-bond donors (Lipinski definition) is 3. The molecule has 0 bridgehead atoms. The summed E-state index contributed by atoms with van der Waals surface area (Å²) in [5.74, 6) is 0.781. The van der Waals surface area contributed by atoms with Crippen LogP contribution in [0.15, 0.2) is 35.3 Å². The third-order valence-electron chi connectivity index (χ3n) is 5.64. The van der Waals surface area contributed by atoms with E-state index in [0.29, 0.717) is 13.2 Å². The number of benzene rings is 1. The summed E-state index contributed by atoms with van der Waals surface area (Å²) in [7, 11) is 0. The molecule has 8 heteroatoms. The SMILES string of the molecule is CCNC(=NCc1c(C)nn(-c2ccccc2)c1C)NCC1(CCO)CCOC1.I. The summed E-state index contributed by atoms with van der Waals surface area (Å²) in [6.45, 7) is 9.88. The van der Waals surface area contributed by atoms with Crippen LogP contribution in [0.1, 0.15) is 36.7 Å². The Bertz CT molecular complexity index is 816. The minimum atomic E-state index is -0.0189. The van der Waals surface area contributed by atoms with Gasteiger partial charge in [0.05, 0.1) is 24.5 Å². The topological polar surface area (TPSA) is 83.7 Å². The van der Waals surface area contributed by atoms with Crippen molar-refractivity contribution in [1.29, 1.82) is 0 Å². The van der Waals surface area contributed by atoms with Crippen molar-refractivity contribution in [3.05, 3.63) is 47.3 Å². The van der Waals surface area contributed by atoms with Gasteiger partial charge in [-0.2, -0.15) is 5.10 Å². The molecule has 1 aliphatic heterocycles. The molecule has 1 atom stereocenters. The highest BCUT2D eigenvalue weighted by Gasteiger charge is 2.34. The Balaban J connectivity index is 0.00000320. The zero-order valence-electron chi connectivity index (χ0n) is 18.1. The van der Waals surface area contributed by atoms with Crippen LogP contribution in [0.4, 0.5) is 0 Å². The standard InChI is InChI=1S/C22H33N5O2.HI/c1-4-23-21(25-15-22(10-12-28)11-13-29-16-22)24-14-20-17(2)26-27(18(20)3)19-8-6-5-7-9-19;/h5-9,28H,4,10-16H2,1-3H3,(H2,23,24,25);1H. The van der Waals surface area contributed by atoms with E-state index < -0.39 is 0 Å². The molecule has 30 heavy (non-hydrogen) atoms. The number of ether oxygens (including phenoxy) is 1. The summed E-state index contributed by atoms with van der Waals surface area (Å²) in [5, 5.41) is 20.9. The van der Waals surface area contributed by atoms with Crippen LogP contribution in [0.25, 0.3) is 5.69 Å². The van der Waals surface area contributed by atoms with Crippen molar-refractivity contribution in [3.63, 3.8) is 0 Å². The number of aliphatic hydroxyl groups excluding tert-OH is 1. The van der Waals surface area contributed by atoms with Crippen molar-refractivity contribution < 1.29 is 9.84 Å². The molecule has 7 nitrogen and oxygen atoms in total. The first kappa shape index (κ1) is 24.6. The van der Waals surface area contributed by atoms with Crippen molar-refractivity contribution in [2.24, 2.45) is 10.4 Å². The molecule has 1 aliphatic rings. The van der Waals surface area contributed by atoms with E-state index in [1.54, 1.807) is 0 Å². The minimum Gasteiger partial charge on any atom is -0.396 e. The van der Waals surface area contributed by atoms with Gasteiger partial charge >= 0.3 is 0 Å². The fourth-order valence-corrected chi connectivity index (χ4v) is 3.81. The molecule has 0 spiro atoms. The van der Waals surface area contributed by atoms with Crippen LogP contribution in [0.2, 0.25) is 0 Å². The summed E-state index contributed by atoms with van der Waals surface area (Å²) in [5.41, 5.74) is 4.27. The number of guanidine groups is 1. The van der Waals surface area contributed by atoms with Crippen molar-refractivity contribution in [2.45, 2.75) is 40.2 Å². The van der Waals surface area contributed by atoms with Crippen molar-refractivity contribution in [3.8, 4) is 5.69 Å². The number of nitrogens with one attached hydrogen (secondary N) is 2. The Morgan fingerprint density at radius 2 is 2.03 bits per heavy atom. The maximum absolute atomic E-state index is 9.43. The van der Waals surface area contributed by atoms with Gasteiger partial charge in [-0.15, -0.1) is 24.0 Å². The number of hydrogen-bond acceptors (Lipinski definition) is 4. The van der Waals surface area contributed by atoms with E-state index in [-0.39, 0.29) is 36.0 Å². The lowest BCUT2D eigenvalue weighted by molar-refractivity contribution is 0.127. The van der Waals surface area contributed by atoms with Crippen LogP contribution >= 0.6 is 24.0 Å². The quantitative estimate of drug-likeness (QED) is 0.280. The van der Waals surface area contributed by atoms with Gasteiger partial charge in [-0.3, -0.25) is 0 Å². The first-order chi connectivity index (χ1) is 14.1. The fraction of sp³-hybridized carbons (Fsp3) is 0.545. The van der Waals surface area contributed by atoms with Crippen LogP contribution in [-0.4, -0.2) is 53.8 Å². The molecule has 0 saturated carbocycles. The summed E-state index contributed by atoms with van der Waals surface area (Å²) in [6.07, 6.45) is 1.70. The van der Waals surface area contributed by atoms with Crippen LogP contribution < -0.4 is 10.6 Å². The van der Waals surface area contributed by atoms with E-state index in [1.807, 2.05) is 29.8 Å². The third-order valence-corrected chi connectivity index (χ3v) is 5.64. The minimum absolute atomic E-state index is 0. The number of para-hydroxylation sites is 1. The van der Waals surface area contributed by atoms with Gasteiger partial charge in [0.15, 0.2) is 5.96 Å². The van der Waals surface area contributed by atoms with Crippen molar-refractivity contribution in [1.82, 2.24) is 20.4 Å². The second kappa shape index (κ2) is 11.7. The van der Waals surface area contributed by atoms with E-state index in [4.69, 9.17) is 14.8 Å².